The number of halogens is 3. The lowest BCUT2D eigenvalue weighted by atomic mass is 9.76. The number of aromatic amines is 1. The highest BCUT2D eigenvalue weighted by Gasteiger charge is 2.47. The van der Waals surface area contributed by atoms with Crippen LogP contribution in [0.3, 0.4) is 0 Å². The quantitative estimate of drug-likeness (QED) is 0.466. The van der Waals surface area contributed by atoms with Crippen LogP contribution in [-0.2, 0) is 16.2 Å². The van der Waals surface area contributed by atoms with Crippen LogP contribution in [0.15, 0.2) is 12.1 Å². The third-order valence-electron chi connectivity index (χ3n) is 5.81. The lowest BCUT2D eigenvalue weighted by molar-refractivity contribution is 0.0965. The van der Waals surface area contributed by atoms with Gasteiger partial charge in [-0.15, -0.1) is 0 Å². The summed E-state index contributed by atoms with van der Waals surface area (Å²) in [5.41, 5.74) is 2.48. The number of carbonyl (C=O) groups is 1. The summed E-state index contributed by atoms with van der Waals surface area (Å²) in [7, 11) is 0. The van der Waals surface area contributed by atoms with E-state index in [9.17, 15) is 9.90 Å². The number of aromatic hydroxyl groups is 1. The molecule has 0 saturated heterocycles. The van der Waals surface area contributed by atoms with Gasteiger partial charge in [0.15, 0.2) is 5.78 Å². The summed E-state index contributed by atoms with van der Waals surface area (Å²) in [5.74, 6) is 0.242. The Morgan fingerprint density at radius 1 is 1.00 bits per heavy atom. The topological polar surface area (TPSA) is 53.1 Å². The Hall–Kier alpha value is -1.16. The predicted octanol–water partition coefficient (Wildman–Crippen LogP) is 7.58. The zero-order valence-electron chi connectivity index (χ0n) is 17.8. The molecular weight excluding hydrogens is 429 g/mol. The molecule has 158 valence electrons. The van der Waals surface area contributed by atoms with Gasteiger partial charge < -0.3 is 10.1 Å². The lowest BCUT2D eigenvalue weighted by Crippen LogP contribution is -2.21. The molecule has 0 aliphatic heterocycles. The van der Waals surface area contributed by atoms with Crippen molar-refractivity contribution in [1.82, 2.24) is 4.98 Å². The van der Waals surface area contributed by atoms with E-state index >= 15 is 0 Å². The van der Waals surface area contributed by atoms with Crippen LogP contribution < -0.4 is 0 Å². The van der Waals surface area contributed by atoms with E-state index in [1.807, 2.05) is 0 Å². The van der Waals surface area contributed by atoms with E-state index in [0.717, 1.165) is 29.5 Å². The summed E-state index contributed by atoms with van der Waals surface area (Å²) >= 11 is 18.2. The molecule has 1 aliphatic carbocycles. The highest BCUT2D eigenvalue weighted by Crippen LogP contribution is 2.54. The first kappa shape index (κ1) is 22.5. The molecule has 29 heavy (non-hydrogen) atoms. The third kappa shape index (κ3) is 4.19. The van der Waals surface area contributed by atoms with Gasteiger partial charge in [-0.25, -0.2) is 0 Å². The largest absolute Gasteiger partial charge is 0.507 e. The Labute approximate surface area is 187 Å². The highest BCUT2D eigenvalue weighted by molar-refractivity contribution is 6.49. The van der Waals surface area contributed by atoms with Gasteiger partial charge in [0.25, 0.3) is 0 Å². The molecule has 0 bridgehead atoms. The molecular formula is C23H28Cl3NO2. The molecule has 6 heteroatoms. The standard InChI is InChI=1S/C23H28Cl3NO2/c1-21(2,3)13-9-12(10-14(19(13)29)22(4,5)6)23(7-8-23)11-15(28)18-16(24)17(25)20(26)27-18/h9-10,27,29H,7-8,11H2,1-6H3. The molecule has 2 aromatic rings. The highest BCUT2D eigenvalue weighted by atomic mass is 35.5. The average molecular weight is 457 g/mol. The van der Waals surface area contributed by atoms with Crippen molar-refractivity contribution in [2.45, 2.75) is 77.0 Å². The van der Waals surface area contributed by atoms with Crippen molar-refractivity contribution in [3.63, 3.8) is 0 Å². The van der Waals surface area contributed by atoms with E-state index in [4.69, 9.17) is 34.8 Å². The molecule has 0 radical (unpaired) electrons. The van der Waals surface area contributed by atoms with Crippen molar-refractivity contribution in [3.8, 4) is 5.75 Å². The third-order valence-corrected chi connectivity index (χ3v) is 7.04. The lowest BCUT2D eigenvalue weighted by Gasteiger charge is -2.30. The Balaban J connectivity index is 2.05. The summed E-state index contributed by atoms with van der Waals surface area (Å²) in [4.78, 5) is 15.8. The Morgan fingerprint density at radius 3 is 1.83 bits per heavy atom. The van der Waals surface area contributed by atoms with Gasteiger partial charge in [-0.05, 0) is 40.4 Å². The number of hydrogen-bond donors (Lipinski definition) is 2. The summed E-state index contributed by atoms with van der Waals surface area (Å²) in [6.07, 6.45) is 2.14. The molecule has 1 aromatic carbocycles. The second-order valence-electron chi connectivity index (χ2n) is 10.2. The van der Waals surface area contributed by atoms with Crippen molar-refractivity contribution in [2.24, 2.45) is 0 Å². The molecule has 1 aliphatic rings. The molecule has 0 spiro atoms. The summed E-state index contributed by atoms with van der Waals surface area (Å²) in [6.45, 7) is 12.5. The maximum atomic E-state index is 13.0. The number of carbonyl (C=O) groups excluding carboxylic acids is 1. The van der Waals surface area contributed by atoms with Crippen LogP contribution in [-0.4, -0.2) is 15.9 Å². The monoisotopic (exact) mass is 455 g/mol. The molecule has 0 atom stereocenters. The summed E-state index contributed by atoms with van der Waals surface area (Å²) in [5, 5.41) is 11.5. The van der Waals surface area contributed by atoms with Crippen molar-refractivity contribution in [1.29, 1.82) is 0 Å². The zero-order valence-corrected chi connectivity index (χ0v) is 20.0. The first-order valence-electron chi connectivity index (χ1n) is 9.81. The van der Waals surface area contributed by atoms with Crippen LogP contribution in [0.1, 0.15) is 88.0 Å². The smallest absolute Gasteiger partial charge is 0.181 e. The number of H-pyrrole nitrogens is 1. The van der Waals surface area contributed by atoms with E-state index in [1.54, 1.807) is 0 Å². The Morgan fingerprint density at radius 2 is 1.48 bits per heavy atom. The van der Waals surface area contributed by atoms with Crippen molar-refractivity contribution < 1.29 is 9.90 Å². The van der Waals surface area contributed by atoms with Crippen LogP contribution in [0.4, 0.5) is 0 Å². The summed E-state index contributed by atoms with van der Waals surface area (Å²) in [6, 6.07) is 4.14. The minimum Gasteiger partial charge on any atom is -0.507 e. The van der Waals surface area contributed by atoms with Gasteiger partial charge in [0, 0.05) is 11.8 Å². The van der Waals surface area contributed by atoms with Gasteiger partial charge in [0.1, 0.15) is 16.6 Å². The van der Waals surface area contributed by atoms with Crippen molar-refractivity contribution in [2.75, 3.05) is 0 Å². The second-order valence-corrected chi connectivity index (χ2v) is 11.4. The SMILES string of the molecule is CC(C)(C)c1cc(C2(CC(=O)c3[nH]c(Cl)c(Cl)c3Cl)CC2)cc(C(C)(C)C)c1O. The number of aromatic nitrogens is 1. The van der Waals surface area contributed by atoms with E-state index in [1.165, 1.54) is 0 Å². The molecule has 1 aromatic heterocycles. The minimum atomic E-state index is -0.252. The number of nitrogens with one attached hydrogen (secondary N) is 1. The molecule has 3 rings (SSSR count). The van der Waals surface area contributed by atoms with Crippen molar-refractivity contribution in [3.05, 3.63) is 49.7 Å². The van der Waals surface area contributed by atoms with E-state index in [0.29, 0.717) is 12.2 Å². The fourth-order valence-corrected chi connectivity index (χ4v) is 4.44. The van der Waals surface area contributed by atoms with Crippen LogP contribution >= 0.6 is 34.8 Å². The molecule has 2 N–H and O–H groups in total. The number of phenols is 1. The number of phenolic OH excluding ortho intramolecular Hbond substituents is 1. The zero-order chi connectivity index (χ0) is 21.9. The molecule has 0 unspecified atom stereocenters. The van der Waals surface area contributed by atoms with Crippen LogP contribution in [0.2, 0.25) is 15.2 Å². The van der Waals surface area contributed by atoms with Crippen LogP contribution in [0.5, 0.6) is 5.75 Å². The first-order valence-corrected chi connectivity index (χ1v) is 10.9. The predicted molar refractivity (Wildman–Crippen MR) is 121 cm³/mol. The van der Waals surface area contributed by atoms with E-state index in [2.05, 4.69) is 58.7 Å². The number of benzene rings is 1. The van der Waals surface area contributed by atoms with Crippen LogP contribution in [0.25, 0.3) is 0 Å². The Kier molecular flexibility index (Phi) is 5.60. The van der Waals surface area contributed by atoms with Gasteiger partial charge in [-0.2, -0.15) is 0 Å². The fourth-order valence-electron chi connectivity index (χ4n) is 3.82. The first-order chi connectivity index (χ1) is 13.2. The van der Waals surface area contributed by atoms with Gasteiger partial charge in [-0.3, -0.25) is 4.79 Å². The molecule has 3 nitrogen and oxygen atoms in total. The molecule has 0 amide bonds. The normalized spacial score (nSPS) is 16.2. The summed E-state index contributed by atoms with van der Waals surface area (Å²) < 4.78 is 0. The van der Waals surface area contributed by atoms with E-state index in [-0.39, 0.29) is 42.9 Å². The van der Waals surface area contributed by atoms with Crippen molar-refractivity contribution >= 4 is 40.6 Å². The second kappa shape index (κ2) is 7.21. The number of rotatable bonds is 4. The molecule has 1 saturated carbocycles. The fraction of sp³-hybridized carbons (Fsp3) is 0.522. The van der Waals surface area contributed by atoms with Gasteiger partial charge in [-0.1, -0.05) is 88.5 Å². The maximum Gasteiger partial charge on any atom is 0.181 e. The number of hydrogen-bond acceptors (Lipinski definition) is 2. The number of Topliss-reactive ketones (excluding diaryl/α,β-unsaturated/α-hetero) is 1. The van der Waals surface area contributed by atoms with Gasteiger partial charge in [0.05, 0.1) is 10.0 Å². The van der Waals surface area contributed by atoms with Gasteiger partial charge >= 0.3 is 0 Å². The van der Waals surface area contributed by atoms with E-state index < -0.39 is 0 Å². The number of ketones is 1. The minimum absolute atomic E-state index is 0.107. The molecule has 1 heterocycles. The Bertz CT molecular complexity index is 938. The van der Waals surface area contributed by atoms with Crippen LogP contribution in [0, 0.1) is 0 Å². The van der Waals surface area contributed by atoms with Gasteiger partial charge in [0.2, 0.25) is 0 Å². The average Bonchev–Trinajstić information content (AvgIpc) is 3.31. The molecule has 1 fully saturated rings. The maximum absolute atomic E-state index is 13.0.